The maximum absolute atomic E-state index is 9.33. The lowest BCUT2D eigenvalue weighted by molar-refractivity contribution is 0.283. The van der Waals surface area contributed by atoms with Gasteiger partial charge < -0.3 is 15.2 Å². The molecule has 62 valence electrons. The molecular formula is C8H8N2O2. The third-order valence-corrected chi connectivity index (χ3v) is 1.81. The number of H-pyrrole nitrogens is 1. The number of rotatable bonds is 1. The van der Waals surface area contributed by atoms with Crippen molar-refractivity contribution in [3.05, 3.63) is 24.0 Å². The summed E-state index contributed by atoms with van der Waals surface area (Å²) in [6.45, 7) is -0.0678. The topological polar surface area (TPSA) is 69.1 Å². The smallest absolute Gasteiger partial charge is 0.141 e. The third kappa shape index (κ3) is 0.853. The standard InChI is InChI=1S/C8H8N2O2/c11-3-5-1-2-6(12)8-7(5)9-4-10-8/h1-2,4,11-12H,3H2,(H,9,10). The van der Waals surface area contributed by atoms with Gasteiger partial charge in [-0.05, 0) is 6.07 Å². The Kier molecular flexibility index (Phi) is 1.48. The van der Waals surface area contributed by atoms with E-state index in [1.165, 1.54) is 12.4 Å². The molecule has 0 unspecified atom stereocenters. The van der Waals surface area contributed by atoms with Gasteiger partial charge in [0.05, 0.1) is 18.5 Å². The Morgan fingerprint density at radius 2 is 2.25 bits per heavy atom. The van der Waals surface area contributed by atoms with Crippen LogP contribution in [-0.2, 0) is 6.61 Å². The second-order valence-electron chi connectivity index (χ2n) is 2.53. The molecule has 3 N–H and O–H groups in total. The first-order chi connectivity index (χ1) is 5.83. The number of nitrogens with zero attached hydrogens (tertiary/aromatic N) is 1. The Bertz CT molecular complexity index is 408. The van der Waals surface area contributed by atoms with Gasteiger partial charge in [0.15, 0.2) is 0 Å². The number of aliphatic hydroxyl groups is 1. The van der Waals surface area contributed by atoms with Gasteiger partial charge in [-0.2, -0.15) is 0 Å². The predicted molar refractivity (Wildman–Crippen MR) is 43.7 cm³/mol. The first kappa shape index (κ1) is 7.12. The molecule has 0 fully saturated rings. The fourth-order valence-electron chi connectivity index (χ4n) is 1.20. The first-order valence-corrected chi connectivity index (χ1v) is 3.57. The molecule has 12 heavy (non-hydrogen) atoms. The maximum atomic E-state index is 9.33. The molecule has 0 spiro atoms. The number of hydrogen-bond acceptors (Lipinski definition) is 3. The second kappa shape index (κ2) is 2.49. The molecule has 0 amide bonds. The Labute approximate surface area is 68.5 Å². The molecule has 4 nitrogen and oxygen atoms in total. The van der Waals surface area contributed by atoms with Gasteiger partial charge in [0.2, 0.25) is 0 Å². The number of aliphatic hydroxyl groups excluding tert-OH is 1. The molecule has 0 aliphatic rings. The van der Waals surface area contributed by atoms with Crippen LogP contribution in [0.4, 0.5) is 0 Å². The van der Waals surface area contributed by atoms with Crippen LogP contribution in [0.1, 0.15) is 5.56 Å². The first-order valence-electron chi connectivity index (χ1n) is 3.57. The Morgan fingerprint density at radius 3 is 3.00 bits per heavy atom. The quantitative estimate of drug-likeness (QED) is 0.582. The number of benzene rings is 1. The molecule has 1 aromatic heterocycles. The number of aromatic nitrogens is 2. The molecule has 2 rings (SSSR count). The van der Waals surface area contributed by atoms with Crippen molar-refractivity contribution in [2.75, 3.05) is 0 Å². The number of phenolic OH excluding ortho intramolecular Hbond substituents is 1. The van der Waals surface area contributed by atoms with E-state index >= 15 is 0 Å². The zero-order valence-electron chi connectivity index (χ0n) is 6.28. The number of imidazole rings is 1. The summed E-state index contributed by atoms with van der Waals surface area (Å²) < 4.78 is 0. The average Bonchev–Trinajstić information content (AvgIpc) is 2.54. The van der Waals surface area contributed by atoms with Crippen LogP contribution in [0.15, 0.2) is 18.5 Å². The molecule has 0 saturated carbocycles. The van der Waals surface area contributed by atoms with Crippen molar-refractivity contribution in [3.8, 4) is 5.75 Å². The summed E-state index contributed by atoms with van der Waals surface area (Å²) in [4.78, 5) is 6.77. The number of nitrogens with one attached hydrogen (secondary N) is 1. The van der Waals surface area contributed by atoms with Crippen molar-refractivity contribution < 1.29 is 10.2 Å². The summed E-state index contributed by atoms with van der Waals surface area (Å²) in [6.07, 6.45) is 1.49. The molecule has 0 saturated heterocycles. The molecular weight excluding hydrogens is 156 g/mol. The van der Waals surface area contributed by atoms with Gasteiger partial charge in [-0.3, -0.25) is 0 Å². The minimum atomic E-state index is -0.0678. The number of phenols is 1. The largest absolute Gasteiger partial charge is 0.506 e. The van der Waals surface area contributed by atoms with Crippen molar-refractivity contribution in [1.82, 2.24) is 9.97 Å². The molecule has 4 heteroatoms. The fraction of sp³-hybridized carbons (Fsp3) is 0.125. The molecule has 2 aromatic rings. The molecule has 1 aromatic carbocycles. The fourth-order valence-corrected chi connectivity index (χ4v) is 1.20. The van der Waals surface area contributed by atoms with Crippen molar-refractivity contribution >= 4 is 11.0 Å². The van der Waals surface area contributed by atoms with Crippen LogP contribution in [0.25, 0.3) is 11.0 Å². The maximum Gasteiger partial charge on any atom is 0.141 e. The van der Waals surface area contributed by atoms with Crippen LogP contribution in [0.5, 0.6) is 5.75 Å². The van der Waals surface area contributed by atoms with E-state index in [0.717, 1.165) is 0 Å². The Hall–Kier alpha value is -1.55. The van der Waals surface area contributed by atoms with Gasteiger partial charge in [0, 0.05) is 5.56 Å². The van der Waals surface area contributed by atoms with Gasteiger partial charge in [0.1, 0.15) is 11.3 Å². The predicted octanol–water partition coefficient (Wildman–Crippen LogP) is 0.761. The second-order valence-corrected chi connectivity index (χ2v) is 2.53. The SMILES string of the molecule is OCc1ccc(O)c2[nH]cnc12. The van der Waals surface area contributed by atoms with E-state index in [0.29, 0.717) is 16.6 Å². The van der Waals surface area contributed by atoms with Crippen molar-refractivity contribution in [2.24, 2.45) is 0 Å². The zero-order valence-corrected chi connectivity index (χ0v) is 6.28. The monoisotopic (exact) mass is 164 g/mol. The van der Waals surface area contributed by atoms with Gasteiger partial charge in [-0.15, -0.1) is 0 Å². The average molecular weight is 164 g/mol. The van der Waals surface area contributed by atoms with Crippen molar-refractivity contribution in [3.63, 3.8) is 0 Å². The summed E-state index contributed by atoms with van der Waals surface area (Å²) in [5, 5.41) is 18.2. The molecule has 0 aliphatic carbocycles. The zero-order chi connectivity index (χ0) is 8.55. The molecule has 1 heterocycles. The summed E-state index contributed by atoms with van der Waals surface area (Å²) in [5.74, 6) is 0.153. The highest BCUT2D eigenvalue weighted by atomic mass is 16.3. The summed E-state index contributed by atoms with van der Waals surface area (Å²) in [6, 6.07) is 3.19. The molecule has 0 bridgehead atoms. The third-order valence-electron chi connectivity index (χ3n) is 1.81. The number of aromatic amines is 1. The van der Waals surface area contributed by atoms with Crippen molar-refractivity contribution in [1.29, 1.82) is 0 Å². The van der Waals surface area contributed by atoms with Crippen LogP contribution in [0.2, 0.25) is 0 Å². The lowest BCUT2D eigenvalue weighted by Crippen LogP contribution is -1.84. The summed E-state index contributed by atoms with van der Waals surface area (Å²) in [5.41, 5.74) is 1.91. The van der Waals surface area contributed by atoms with Gasteiger partial charge in [0.25, 0.3) is 0 Å². The van der Waals surface area contributed by atoms with Crippen LogP contribution in [0, 0.1) is 0 Å². The highest BCUT2D eigenvalue weighted by Crippen LogP contribution is 2.23. The highest BCUT2D eigenvalue weighted by Gasteiger charge is 2.05. The summed E-state index contributed by atoms with van der Waals surface area (Å²) in [7, 11) is 0. The summed E-state index contributed by atoms with van der Waals surface area (Å²) >= 11 is 0. The van der Waals surface area contributed by atoms with Crippen molar-refractivity contribution in [2.45, 2.75) is 6.61 Å². The van der Waals surface area contributed by atoms with E-state index < -0.39 is 0 Å². The van der Waals surface area contributed by atoms with Crippen LogP contribution >= 0.6 is 0 Å². The van der Waals surface area contributed by atoms with Gasteiger partial charge in [-0.1, -0.05) is 6.07 Å². The lowest BCUT2D eigenvalue weighted by Gasteiger charge is -1.98. The van der Waals surface area contributed by atoms with Crippen LogP contribution in [0.3, 0.4) is 0 Å². The van der Waals surface area contributed by atoms with Gasteiger partial charge in [-0.25, -0.2) is 4.98 Å². The normalized spacial score (nSPS) is 10.8. The molecule has 0 radical (unpaired) electrons. The minimum Gasteiger partial charge on any atom is -0.506 e. The Balaban J connectivity index is 2.82. The molecule has 0 aliphatic heterocycles. The van der Waals surface area contributed by atoms with E-state index in [4.69, 9.17) is 5.11 Å². The highest BCUT2D eigenvalue weighted by molar-refractivity contribution is 5.83. The van der Waals surface area contributed by atoms with E-state index in [1.807, 2.05) is 0 Å². The van der Waals surface area contributed by atoms with E-state index in [9.17, 15) is 5.11 Å². The Morgan fingerprint density at radius 1 is 1.42 bits per heavy atom. The van der Waals surface area contributed by atoms with Crippen LogP contribution in [-0.4, -0.2) is 20.2 Å². The van der Waals surface area contributed by atoms with E-state index in [1.54, 1.807) is 6.07 Å². The minimum absolute atomic E-state index is 0.0678. The number of hydrogen-bond donors (Lipinski definition) is 3. The molecule has 0 atom stereocenters. The number of fused-ring (bicyclic) bond motifs is 1. The van der Waals surface area contributed by atoms with E-state index in [-0.39, 0.29) is 12.4 Å². The van der Waals surface area contributed by atoms with Crippen LogP contribution < -0.4 is 0 Å². The van der Waals surface area contributed by atoms with Gasteiger partial charge >= 0.3 is 0 Å². The lowest BCUT2D eigenvalue weighted by atomic mass is 10.2. The number of aromatic hydroxyl groups is 1. The van der Waals surface area contributed by atoms with E-state index in [2.05, 4.69) is 9.97 Å².